The highest BCUT2D eigenvalue weighted by atomic mass is 79.9. The maximum atomic E-state index is 13.5. The Kier molecular flexibility index (Phi) is 6.72. The van der Waals surface area contributed by atoms with Gasteiger partial charge in [-0.1, -0.05) is 22.0 Å². The molecule has 0 radical (unpaired) electrons. The number of aryl methyl sites for hydroxylation is 1. The molecule has 0 aromatic heterocycles. The maximum absolute atomic E-state index is 13.5. The third-order valence-corrected chi connectivity index (χ3v) is 2.99. The van der Waals surface area contributed by atoms with Crippen LogP contribution in [-0.4, -0.2) is 26.1 Å². The molecular weight excluding hydrogens is 297 g/mol. The highest BCUT2D eigenvalue weighted by Gasteiger charge is 2.02. The zero-order valence-corrected chi connectivity index (χ0v) is 12.3. The van der Waals surface area contributed by atoms with Crippen LogP contribution >= 0.6 is 15.9 Å². The van der Waals surface area contributed by atoms with E-state index in [4.69, 9.17) is 0 Å². The third-order valence-electron chi connectivity index (χ3n) is 2.50. The Balaban J connectivity index is 2.33. The normalized spacial score (nSPS) is 11.4. The van der Waals surface area contributed by atoms with Gasteiger partial charge in [0, 0.05) is 24.6 Å². The molecule has 0 bridgehead atoms. The molecule has 0 fully saturated rings. The molecule has 100 valence electrons. The Hall–Kier alpha value is -1.10. The van der Waals surface area contributed by atoms with Gasteiger partial charge in [0.05, 0.1) is 0 Å². The van der Waals surface area contributed by atoms with Crippen LogP contribution < -0.4 is 10.6 Å². The largest absolute Gasteiger partial charge is 0.357 e. The summed E-state index contributed by atoms with van der Waals surface area (Å²) in [5.41, 5.74) is 0.749. The van der Waals surface area contributed by atoms with Crippen molar-refractivity contribution in [2.75, 3.05) is 20.1 Å². The predicted molar refractivity (Wildman–Crippen MR) is 77.5 cm³/mol. The molecule has 0 aliphatic rings. The molecule has 1 rings (SSSR count). The van der Waals surface area contributed by atoms with Crippen LogP contribution in [0.15, 0.2) is 27.7 Å². The van der Waals surface area contributed by atoms with Gasteiger partial charge in [0.1, 0.15) is 5.82 Å². The van der Waals surface area contributed by atoms with Crippen molar-refractivity contribution in [3.05, 3.63) is 34.1 Å². The van der Waals surface area contributed by atoms with E-state index < -0.39 is 0 Å². The van der Waals surface area contributed by atoms with Crippen molar-refractivity contribution >= 4 is 21.9 Å². The second-order valence-corrected chi connectivity index (χ2v) is 4.78. The summed E-state index contributed by atoms with van der Waals surface area (Å²) in [7, 11) is 1.74. The first-order valence-corrected chi connectivity index (χ1v) is 6.85. The standard InChI is InChI=1S/C13H19BrFN3/c1-3-17-13(16-2)18-8-4-5-10-6-7-11(14)9-12(10)15/h6-7,9H,3-5,8H2,1-2H3,(H2,16,17,18). The molecule has 0 spiro atoms. The van der Waals surface area contributed by atoms with E-state index in [-0.39, 0.29) is 5.82 Å². The Bertz CT molecular complexity index is 407. The van der Waals surface area contributed by atoms with Gasteiger partial charge in [-0.3, -0.25) is 4.99 Å². The number of benzene rings is 1. The molecule has 18 heavy (non-hydrogen) atoms. The fourth-order valence-electron chi connectivity index (χ4n) is 1.60. The van der Waals surface area contributed by atoms with Crippen molar-refractivity contribution < 1.29 is 4.39 Å². The first kappa shape index (κ1) is 15.0. The van der Waals surface area contributed by atoms with E-state index in [1.807, 2.05) is 19.1 Å². The quantitative estimate of drug-likeness (QED) is 0.498. The molecule has 0 heterocycles. The Morgan fingerprint density at radius 1 is 1.39 bits per heavy atom. The van der Waals surface area contributed by atoms with Crippen molar-refractivity contribution in [1.82, 2.24) is 10.6 Å². The molecule has 5 heteroatoms. The summed E-state index contributed by atoms with van der Waals surface area (Å²) >= 11 is 3.25. The summed E-state index contributed by atoms with van der Waals surface area (Å²) < 4.78 is 14.3. The van der Waals surface area contributed by atoms with E-state index in [0.29, 0.717) is 0 Å². The number of nitrogens with zero attached hydrogens (tertiary/aromatic N) is 1. The van der Waals surface area contributed by atoms with Crippen molar-refractivity contribution in [3.63, 3.8) is 0 Å². The summed E-state index contributed by atoms with van der Waals surface area (Å²) in [6.45, 7) is 3.63. The lowest BCUT2D eigenvalue weighted by Gasteiger charge is -2.10. The van der Waals surface area contributed by atoms with Gasteiger partial charge in [-0.25, -0.2) is 4.39 Å². The first-order valence-electron chi connectivity index (χ1n) is 6.05. The molecule has 0 atom stereocenters. The van der Waals surface area contributed by atoms with Crippen LogP contribution in [0.4, 0.5) is 4.39 Å². The highest BCUT2D eigenvalue weighted by Crippen LogP contribution is 2.16. The number of hydrogen-bond acceptors (Lipinski definition) is 1. The number of guanidine groups is 1. The minimum Gasteiger partial charge on any atom is -0.357 e. The second-order valence-electron chi connectivity index (χ2n) is 3.87. The van der Waals surface area contributed by atoms with Crippen molar-refractivity contribution in [2.24, 2.45) is 4.99 Å². The molecular formula is C13H19BrFN3. The summed E-state index contributed by atoms with van der Waals surface area (Å²) in [6.07, 6.45) is 1.58. The van der Waals surface area contributed by atoms with Crippen LogP contribution in [0.25, 0.3) is 0 Å². The molecule has 2 N–H and O–H groups in total. The van der Waals surface area contributed by atoms with Gasteiger partial charge in [0.25, 0.3) is 0 Å². The molecule has 0 unspecified atom stereocenters. The van der Waals surface area contributed by atoms with Crippen molar-refractivity contribution in [1.29, 1.82) is 0 Å². The topological polar surface area (TPSA) is 36.4 Å². The Labute approximate surface area is 116 Å². The zero-order chi connectivity index (χ0) is 13.4. The van der Waals surface area contributed by atoms with Gasteiger partial charge >= 0.3 is 0 Å². The van der Waals surface area contributed by atoms with Gasteiger partial charge < -0.3 is 10.6 Å². The van der Waals surface area contributed by atoms with Crippen LogP contribution in [-0.2, 0) is 6.42 Å². The van der Waals surface area contributed by atoms with E-state index in [2.05, 4.69) is 31.6 Å². The van der Waals surface area contributed by atoms with E-state index in [0.717, 1.165) is 41.9 Å². The van der Waals surface area contributed by atoms with Gasteiger partial charge in [-0.05, 0) is 37.5 Å². The smallest absolute Gasteiger partial charge is 0.190 e. The SMILES string of the molecule is CCNC(=NC)NCCCc1ccc(Br)cc1F. The van der Waals surface area contributed by atoms with Crippen LogP contribution in [0.5, 0.6) is 0 Å². The molecule has 1 aromatic carbocycles. The molecule has 1 aromatic rings. The second kappa shape index (κ2) is 8.08. The van der Waals surface area contributed by atoms with Gasteiger partial charge in [-0.2, -0.15) is 0 Å². The van der Waals surface area contributed by atoms with E-state index in [1.165, 1.54) is 6.07 Å². The van der Waals surface area contributed by atoms with Gasteiger partial charge in [-0.15, -0.1) is 0 Å². The summed E-state index contributed by atoms with van der Waals surface area (Å²) in [5, 5.41) is 6.29. The average molecular weight is 316 g/mol. The Morgan fingerprint density at radius 3 is 2.78 bits per heavy atom. The lowest BCUT2D eigenvalue weighted by atomic mass is 10.1. The van der Waals surface area contributed by atoms with Crippen LogP contribution in [0.2, 0.25) is 0 Å². The first-order chi connectivity index (χ1) is 8.67. The number of halogens is 2. The minimum absolute atomic E-state index is 0.152. The van der Waals surface area contributed by atoms with Gasteiger partial charge in [0.15, 0.2) is 5.96 Å². The lowest BCUT2D eigenvalue weighted by molar-refractivity contribution is 0.602. The van der Waals surface area contributed by atoms with E-state index in [9.17, 15) is 4.39 Å². The monoisotopic (exact) mass is 315 g/mol. The molecule has 3 nitrogen and oxygen atoms in total. The molecule has 0 aliphatic carbocycles. The van der Waals surface area contributed by atoms with Gasteiger partial charge in [0.2, 0.25) is 0 Å². The van der Waals surface area contributed by atoms with Crippen LogP contribution in [0.1, 0.15) is 18.9 Å². The van der Waals surface area contributed by atoms with E-state index >= 15 is 0 Å². The summed E-state index contributed by atoms with van der Waals surface area (Å²) in [6, 6.07) is 5.18. The number of nitrogens with one attached hydrogen (secondary N) is 2. The molecule has 0 aliphatic heterocycles. The third kappa shape index (κ3) is 5.04. The van der Waals surface area contributed by atoms with Crippen LogP contribution in [0.3, 0.4) is 0 Å². The lowest BCUT2D eigenvalue weighted by Crippen LogP contribution is -2.37. The Morgan fingerprint density at radius 2 is 2.17 bits per heavy atom. The molecule has 0 amide bonds. The molecule has 0 saturated carbocycles. The zero-order valence-electron chi connectivity index (χ0n) is 10.8. The fraction of sp³-hybridized carbons (Fsp3) is 0.462. The van der Waals surface area contributed by atoms with Crippen molar-refractivity contribution in [2.45, 2.75) is 19.8 Å². The number of rotatable bonds is 5. The number of aliphatic imine (C=N–C) groups is 1. The minimum atomic E-state index is -0.152. The maximum Gasteiger partial charge on any atom is 0.190 e. The van der Waals surface area contributed by atoms with E-state index in [1.54, 1.807) is 7.05 Å². The fourth-order valence-corrected chi connectivity index (χ4v) is 1.93. The molecule has 0 saturated heterocycles. The summed E-state index contributed by atoms with van der Waals surface area (Å²) in [4.78, 5) is 4.07. The van der Waals surface area contributed by atoms with Crippen molar-refractivity contribution in [3.8, 4) is 0 Å². The predicted octanol–water partition coefficient (Wildman–Crippen LogP) is 2.71. The highest BCUT2D eigenvalue weighted by molar-refractivity contribution is 9.10. The number of hydrogen-bond donors (Lipinski definition) is 2. The average Bonchev–Trinajstić information content (AvgIpc) is 2.35. The summed E-state index contributed by atoms with van der Waals surface area (Å²) in [5.74, 6) is 0.634. The van der Waals surface area contributed by atoms with Crippen LogP contribution in [0, 0.1) is 5.82 Å².